The van der Waals surface area contributed by atoms with Gasteiger partial charge in [0.05, 0.1) is 5.69 Å². The van der Waals surface area contributed by atoms with Crippen molar-refractivity contribution in [1.29, 1.82) is 0 Å². The molecule has 0 bridgehead atoms. The number of aromatic nitrogens is 2. The van der Waals surface area contributed by atoms with Crippen LogP contribution in [0.15, 0.2) is 29.2 Å². The van der Waals surface area contributed by atoms with Gasteiger partial charge >= 0.3 is 0 Å². The molecule has 1 unspecified atom stereocenters. The minimum Gasteiger partial charge on any atom is -0.327 e. The maximum Gasteiger partial charge on any atom is 0.258 e. The monoisotopic (exact) mass is 272 g/mol. The summed E-state index contributed by atoms with van der Waals surface area (Å²) in [6, 6.07) is 5.72. The number of nitrogens with zero attached hydrogens (tertiary/aromatic N) is 3. The number of hydrogen-bond donors (Lipinski definition) is 1. The number of hydrogen-bond acceptors (Lipinski definition) is 4. The first-order valence-electron chi connectivity index (χ1n) is 7.09. The molecule has 1 aliphatic rings. The number of likely N-dealkylation sites (tertiary alicyclic amines) is 1. The molecule has 0 aromatic carbocycles. The van der Waals surface area contributed by atoms with Crippen LogP contribution < -0.4 is 11.3 Å². The van der Waals surface area contributed by atoms with Crippen LogP contribution in [0.1, 0.15) is 24.1 Å². The summed E-state index contributed by atoms with van der Waals surface area (Å²) < 4.78 is 1.58. The topological polar surface area (TPSA) is 63.6 Å². The molecule has 1 atom stereocenters. The third-order valence-electron chi connectivity index (χ3n) is 3.80. The Morgan fingerprint density at radius 3 is 3.10 bits per heavy atom. The predicted molar refractivity (Wildman–Crippen MR) is 78.7 cm³/mol. The smallest absolute Gasteiger partial charge is 0.258 e. The minimum atomic E-state index is -0.0219. The molecular weight excluding hydrogens is 252 g/mol. The lowest BCUT2D eigenvalue weighted by molar-refractivity contribution is 0.199. The van der Waals surface area contributed by atoms with E-state index in [2.05, 4.69) is 9.88 Å². The van der Waals surface area contributed by atoms with Crippen LogP contribution in [0.5, 0.6) is 0 Å². The van der Waals surface area contributed by atoms with Crippen molar-refractivity contribution >= 4 is 5.65 Å². The van der Waals surface area contributed by atoms with E-state index in [9.17, 15) is 4.79 Å². The van der Waals surface area contributed by atoms with Gasteiger partial charge in [-0.2, -0.15) is 0 Å². The van der Waals surface area contributed by atoms with Gasteiger partial charge in [-0.05, 0) is 44.0 Å². The zero-order valence-electron chi connectivity index (χ0n) is 11.7. The second kappa shape index (κ2) is 5.34. The summed E-state index contributed by atoms with van der Waals surface area (Å²) in [6.07, 6.45) is 3.98. The van der Waals surface area contributed by atoms with Crippen molar-refractivity contribution in [3.05, 3.63) is 46.0 Å². The molecular formula is C15H20N4O. The average molecular weight is 272 g/mol. The molecule has 3 rings (SSSR count). The second-order valence-electron chi connectivity index (χ2n) is 5.66. The molecule has 2 N–H and O–H groups in total. The van der Waals surface area contributed by atoms with Crippen molar-refractivity contribution in [3.63, 3.8) is 0 Å². The summed E-state index contributed by atoms with van der Waals surface area (Å²) in [5, 5.41) is 0. The molecule has 2 aromatic heterocycles. The second-order valence-corrected chi connectivity index (χ2v) is 5.66. The van der Waals surface area contributed by atoms with E-state index in [-0.39, 0.29) is 11.6 Å². The highest BCUT2D eigenvalue weighted by atomic mass is 16.1. The van der Waals surface area contributed by atoms with E-state index in [1.807, 2.05) is 19.1 Å². The Labute approximate surface area is 118 Å². The van der Waals surface area contributed by atoms with Gasteiger partial charge < -0.3 is 5.73 Å². The molecule has 0 spiro atoms. The van der Waals surface area contributed by atoms with Crippen LogP contribution in [-0.2, 0) is 6.54 Å². The molecule has 106 valence electrons. The first-order valence-corrected chi connectivity index (χ1v) is 7.09. The number of rotatable bonds is 2. The zero-order valence-corrected chi connectivity index (χ0v) is 11.7. The Hall–Kier alpha value is -1.72. The van der Waals surface area contributed by atoms with Crippen LogP contribution in [0.2, 0.25) is 0 Å². The van der Waals surface area contributed by atoms with Crippen LogP contribution in [0.25, 0.3) is 5.65 Å². The van der Waals surface area contributed by atoms with Gasteiger partial charge in [-0.3, -0.25) is 14.1 Å². The first-order chi connectivity index (χ1) is 9.61. The van der Waals surface area contributed by atoms with Crippen molar-refractivity contribution in [2.45, 2.75) is 32.4 Å². The van der Waals surface area contributed by atoms with Crippen molar-refractivity contribution in [1.82, 2.24) is 14.3 Å². The number of nitrogens with two attached hydrogens (primary N) is 1. The van der Waals surface area contributed by atoms with Gasteiger partial charge in [-0.25, -0.2) is 4.98 Å². The fourth-order valence-corrected chi connectivity index (χ4v) is 2.80. The first kappa shape index (κ1) is 13.3. The van der Waals surface area contributed by atoms with E-state index in [4.69, 9.17) is 5.73 Å². The molecule has 3 heterocycles. The Kier molecular flexibility index (Phi) is 3.54. The normalized spacial score (nSPS) is 20.4. The lowest BCUT2D eigenvalue weighted by Gasteiger charge is -2.30. The third kappa shape index (κ3) is 2.73. The highest BCUT2D eigenvalue weighted by molar-refractivity contribution is 5.41. The van der Waals surface area contributed by atoms with Crippen LogP contribution in [0.4, 0.5) is 0 Å². The SMILES string of the molecule is Cc1ccn2c(=O)cc(CN3CCCC(N)C3)nc2c1. The van der Waals surface area contributed by atoms with Gasteiger partial charge in [0, 0.05) is 31.4 Å². The maximum atomic E-state index is 12.1. The summed E-state index contributed by atoms with van der Waals surface area (Å²) in [5.41, 5.74) is 8.62. The lowest BCUT2D eigenvalue weighted by atomic mass is 10.1. The molecule has 0 aliphatic carbocycles. The standard InChI is InChI=1S/C15H20N4O/c1-11-4-6-19-14(7-11)17-13(8-15(19)20)10-18-5-2-3-12(16)9-18/h4,6-8,12H,2-3,5,9-10,16H2,1H3. The molecule has 1 fully saturated rings. The van der Waals surface area contributed by atoms with Gasteiger partial charge in [0.15, 0.2) is 0 Å². The molecule has 2 aromatic rings. The quantitative estimate of drug-likeness (QED) is 0.883. The zero-order chi connectivity index (χ0) is 14.1. The highest BCUT2D eigenvalue weighted by Gasteiger charge is 2.17. The molecule has 0 radical (unpaired) electrons. The molecule has 5 nitrogen and oxygen atoms in total. The maximum absolute atomic E-state index is 12.1. The Bertz CT molecular complexity index is 679. The van der Waals surface area contributed by atoms with E-state index in [1.165, 1.54) is 0 Å². The van der Waals surface area contributed by atoms with Crippen LogP contribution in [0.3, 0.4) is 0 Å². The van der Waals surface area contributed by atoms with Gasteiger partial charge in [0.2, 0.25) is 0 Å². The number of aryl methyl sites for hydroxylation is 1. The van der Waals surface area contributed by atoms with Crippen molar-refractivity contribution in [3.8, 4) is 0 Å². The van der Waals surface area contributed by atoms with Gasteiger partial charge in [-0.1, -0.05) is 0 Å². The Morgan fingerprint density at radius 2 is 2.30 bits per heavy atom. The summed E-state index contributed by atoms with van der Waals surface area (Å²) in [5.74, 6) is 0. The van der Waals surface area contributed by atoms with Crippen molar-refractivity contribution in [2.75, 3.05) is 13.1 Å². The van der Waals surface area contributed by atoms with Gasteiger partial charge in [0.1, 0.15) is 5.65 Å². The molecule has 1 aliphatic heterocycles. The molecule has 0 amide bonds. The summed E-state index contributed by atoms with van der Waals surface area (Å²) in [4.78, 5) is 19.0. The van der Waals surface area contributed by atoms with Gasteiger partial charge in [0.25, 0.3) is 5.56 Å². The number of pyridine rings is 1. The summed E-state index contributed by atoms with van der Waals surface area (Å²) in [7, 11) is 0. The Balaban J connectivity index is 1.90. The third-order valence-corrected chi connectivity index (χ3v) is 3.80. The lowest BCUT2D eigenvalue weighted by Crippen LogP contribution is -2.42. The highest BCUT2D eigenvalue weighted by Crippen LogP contribution is 2.11. The minimum absolute atomic E-state index is 0.0219. The van der Waals surface area contributed by atoms with E-state index >= 15 is 0 Å². The summed E-state index contributed by atoms with van der Waals surface area (Å²) in [6.45, 7) is 4.62. The summed E-state index contributed by atoms with van der Waals surface area (Å²) >= 11 is 0. The molecule has 0 saturated carbocycles. The number of fused-ring (bicyclic) bond motifs is 1. The largest absolute Gasteiger partial charge is 0.327 e. The molecule has 20 heavy (non-hydrogen) atoms. The van der Waals surface area contributed by atoms with Crippen molar-refractivity contribution < 1.29 is 0 Å². The van der Waals surface area contributed by atoms with E-state index < -0.39 is 0 Å². The molecule has 5 heteroatoms. The van der Waals surface area contributed by atoms with E-state index in [1.54, 1.807) is 16.7 Å². The Morgan fingerprint density at radius 1 is 1.45 bits per heavy atom. The number of piperidine rings is 1. The fourth-order valence-electron chi connectivity index (χ4n) is 2.80. The molecule has 1 saturated heterocycles. The van der Waals surface area contributed by atoms with E-state index in [0.717, 1.165) is 37.2 Å². The van der Waals surface area contributed by atoms with Crippen LogP contribution >= 0.6 is 0 Å². The average Bonchev–Trinajstić information content (AvgIpc) is 2.38. The van der Waals surface area contributed by atoms with Gasteiger partial charge in [-0.15, -0.1) is 0 Å². The van der Waals surface area contributed by atoms with E-state index in [0.29, 0.717) is 12.2 Å². The predicted octanol–water partition coefficient (Wildman–Crippen LogP) is 0.926. The van der Waals surface area contributed by atoms with Crippen LogP contribution in [-0.4, -0.2) is 33.4 Å². The fraction of sp³-hybridized carbons (Fsp3) is 0.467. The van der Waals surface area contributed by atoms with Crippen LogP contribution in [0, 0.1) is 6.92 Å². The van der Waals surface area contributed by atoms with Crippen molar-refractivity contribution in [2.24, 2.45) is 5.73 Å².